The van der Waals surface area contributed by atoms with Gasteiger partial charge in [-0.2, -0.15) is 4.31 Å². The number of pyridine rings is 1. The number of sulfonamides is 1. The van der Waals surface area contributed by atoms with E-state index in [1.807, 2.05) is 25.1 Å². The van der Waals surface area contributed by atoms with E-state index in [0.29, 0.717) is 32.8 Å². The van der Waals surface area contributed by atoms with Crippen molar-refractivity contribution < 1.29 is 17.9 Å². The van der Waals surface area contributed by atoms with Crippen LogP contribution >= 0.6 is 0 Å². The molecule has 1 fully saturated rings. The molecule has 0 radical (unpaired) electrons. The van der Waals surface area contributed by atoms with Crippen LogP contribution in [0.5, 0.6) is 0 Å². The van der Waals surface area contributed by atoms with Gasteiger partial charge in [-0.1, -0.05) is 18.2 Å². The van der Waals surface area contributed by atoms with Crippen molar-refractivity contribution in [3.05, 3.63) is 59.9 Å². The number of carbonyl (C=O) groups is 1. The number of morpholine rings is 1. The minimum absolute atomic E-state index is 0.220. The first kappa shape index (κ1) is 20.2. The van der Waals surface area contributed by atoms with E-state index in [2.05, 4.69) is 15.6 Å². The summed E-state index contributed by atoms with van der Waals surface area (Å²) in [5.41, 5.74) is 1.58. The molecule has 0 aliphatic carbocycles. The molecule has 0 bridgehead atoms. The third kappa shape index (κ3) is 5.06. The molecule has 2 aromatic rings. The van der Waals surface area contributed by atoms with Gasteiger partial charge in [0, 0.05) is 25.8 Å². The van der Waals surface area contributed by atoms with E-state index in [4.69, 9.17) is 4.74 Å². The molecule has 2 heterocycles. The van der Waals surface area contributed by atoms with Gasteiger partial charge in [0.2, 0.25) is 10.0 Å². The second-order valence-corrected chi connectivity index (χ2v) is 8.40. The Morgan fingerprint density at radius 1 is 1.18 bits per heavy atom. The van der Waals surface area contributed by atoms with Crippen molar-refractivity contribution in [1.82, 2.24) is 19.9 Å². The average molecular weight is 404 g/mol. The van der Waals surface area contributed by atoms with Gasteiger partial charge in [-0.25, -0.2) is 13.2 Å². The summed E-state index contributed by atoms with van der Waals surface area (Å²) >= 11 is 0. The Hall–Kier alpha value is -2.49. The van der Waals surface area contributed by atoms with E-state index >= 15 is 0 Å². The summed E-state index contributed by atoms with van der Waals surface area (Å²) in [5.74, 6) is 0. The Balaban J connectivity index is 1.53. The highest BCUT2D eigenvalue weighted by Crippen LogP contribution is 2.17. The second kappa shape index (κ2) is 9.13. The number of nitrogens with one attached hydrogen (secondary N) is 2. The monoisotopic (exact) mass is 404 g/mol. The van der Waals surface area contributed by atoms with Gasteiger partial charge in [0.15, 0.2) is 0 Å². The van der Waals surface area contributed by atoms with Crippen LogP contribution in [0.4, 0.5) is 4.79 Å². The Bertz CT molecular complexity index is 882. The molecular formula is C19H24N4O4S. The van der Waals surface area contributed by atoms with Crippen LogP contribution in [0, 0.1) is 0 Å². The summed E-state index contributed by atoms with van der Waals surface area (Å²) in [7, 11) is -3.51. The van der Waals surface area contributed by atoms with E-state index < -0.39 is 10.0 Å². The molecule has 1 unspecified atom stereocenters. The first-order valence-corrected chi connectivity index (χ1v) is 10.5. The first-order valence-electron chi connectivity index (χ1n) is 9.09. The lowest BCUT2D eigenvalue weighted by Gasteiger charge is -2.26. The largest absolute Gasteiger partial charge is 0.379 e. The fraction of sp³-hybridized carbons (Fsp3) is 0.368. The number of hydrogen-bond acceptors (Lipinski definition) is 5. The van der Waals surface area contributed by atoms with Crippen molar-refractivity contribution in [3.63, 3.8) is 0 Å². The van der Waals surface area contributed by atoms with Gasteiger partial charge in [0.25, 0.3) is 0 Å². The molecule has 8 nitrogen and oxygen atoms in total. The maximum absolute atomic E-state index is 12.6. The maximum Gasteiger partial charge on any atom is 0.315 e. The molecule has 1 saturated heterocycles. The van der Waals surface area contributed by atoms with Crippen LogP contribution in [-0.4, -0.2) is 50.0 Å². The number of nitrogens with zero attached hydrogens (tertiary/aromatic N) is 2. The van der Waals surface area contributed by atoms with Crippen LogP contribution in [0.2, 0.25) is 0 Å². The fourth-order valence-corrected chi connectivity index (χ4v) is 4.26. The predicted molar refractivity (Wildman–Crippen MR) is 104 cm³/mol. The van der Waals surface area contributed by atoms with Gasteiger partial charge in [0.05, 0.1) is 29.8 Å². The van der Waals surface area contributed by atoms with Crippen LogP contribution in [0.1, 0.15) is 24.2 Å². The number of hydrogen-bond donors (Lipinski definition) is 2. The Morgan fingerprint density at radius 2 is 1.89 bits per heavy atom. The van der Waals surface area contributed by atoms with Crippen molar-refractivity contribution in [1.29, 1.82) is 0 Å². The molecule has 0 saturated carbocycles. The number of carbonyl (C=O) groups excluding carboxylic acids is 1. The van der Waals surface area contributed by atoms with Crippen LogP contribution in [0.15, 0.2) is 53.6 Å². The average Bonchev–Trinajstić information content (AvgIpc) is 2.74. The van der Waals surface area contributed by atoms with Crippen LogP contribution < -0.4 is 10.6 Å². The molecule has 1 atom stereocenters. The molecule has 1 aromatic carbocycles. The molecule has 2 amide bonds. The Morgan fingerprint density at radius 3 is 2.54 bits per heavy atom. The molecule has 1 aliphatic rings. The zero-order chi connectivity index (χ0) is 20.0. The molecule has 9 heteroatoms. The Labute approximate surface area is 165 Å². The molecule has 0 spiro atoms. The van der Waals surface area contributed by atoms with E-state index in [-0.39, 0.29) is 17.0 Å². The molecule has 150 valence electrons. The predicted octanol–water partition coefficient (Wildman–Crippen LogP) is 1.66. The van der Waals surface area contributed by atoms with Gasteiger partial charge in [-0.05, 0) is 36.8 Å². The molecule has 1 aliphatic heterocycles. The number of rotatable bonds is 6. The number of benzene rings is 1. The van der Waals surface area contributed by atoms with Gasteiger partial charge < -0.3 is 15.4 Å². The van der Waals surface area contributed by atoms with Crippen molar-refractivity contribution >= 4 is 16.1 Å². The van der Waals surface area contributed by atoms with E-state index in [9.17, 15) is 13.2 Å². The zero-order valence-corrected chi connectivity index (χ0v) is 16.5. The summed E-state index contributed by atoms with van der Waals surface area (Å²) in [5, 5.41) is 5.59. The normalized spacial score (nSPS) is 16.3. The van der Waals surface area contributed by atoms with E-state index in [0.717, 1.165) is 11.3 Å². The molecule has 3 rings (SSSR count). The number of urea groups is 1. The quantitative estimate of drug-likeness (QED) is 0.763. The summed E-state index contributed by atoms with van der Waals surface area (Å²) in [6.07, 6.45) is 1.68. The topological polar surface area (TPSA) is 101 Å². The molecular weight excluding hydrogens is 380 g/mol. The summed E-state index contributed by atoms with van der Waals surface area (Å²) in [6, 6.07) is 11.5. The number of ether oxygens (including phenoxy) is 1. The van der Waals surface area contributed by atoms with Crippen molar-refractivity contribution in [2.45, 2.75) is 24.4 Å². The van der Waals surface area contributed by atoms with E-state index in [1.54, 1.807) is 30.5 Å². The van der Waals surface area contributed by atoms with Crippen molar-refractivity contribution in [2.24, 2.45) is 0 Å². The lowest BCUT2D eigenvalue weighted by molar-refractivity contribution is 0.0730. The first-order chi connectivity index (χ1) is 13.5. The minimum Gasteiger partial charge on any atom is -0.379 e. The molecule has 2 N–H and O–H groups in total. The SMILES string of the molecule is CC(NC(=O)NCc1ccc(S(=O)(=O)N2CCOCC2)cc1)c1ccccn1. The second-order valence-electron chi connectivity index (χ2n) is 6.46. The minimum atomic E-state index is -3.51. The number of aromatic nitrogens is 1. The summed E-state index contributed by atoms with van der Waals surface area (Å²) in [4.78, 5) is 16.5. The third-order valence-corrected chi connectivity index (χ3v) is 6.38. The van der Waals surface area contributed by atoms with Gasteiger partial charge in [-0.15, -0.1) is 0 Å². The molecule has 28 heavy (non-hydrogen) atoms. The van der Waals surface area contributed by atoms with Crippen molar-refractivity contribution in [3.8, 4) is 0 Å². The smallest absolute Gasteiger partial charge is 0.315 e. The number of amides is 2. The van der Waals surface area contributed by atoms with Gasteiger partial charge in [0.1, 0.15) is 0 Å². The highest BCUT2D eigenvalue weighted by atomic mass is 32.2. The van der Waals surface area contributed by atoms with E-state index in [1.165, 1.54) is 4.31 Å². The lowest BCUT2D eigenvalue weighted by atomic mass is 10.2. The van der Waals surface area contributed by atoms with Gasteiger partial charge >= 0.3 is 6.03 Å². The third-order valence-electron chi connectivity index (χ3n) is 4.46. The van der Waals surface area contributed by atoms with Crippen molar-refractivity contribution in [2.75, 3.05) is 26.3 Å². The lowest BCUT2D eigenvalue weighted by Crippen LogP contribution is -2.40. The zero-order valence-electron chi connectivity index (χ0n) is 15.7. The fourth-order valence-electron chi connectivity index (χ4n) is 2.85. The highest BCUT2D eigenvalue weighted by Gasteiger charge is 2.26. The summed E-state index contributed by atoms with van der Waals surface area (Å²) in [6.45, 7) is 3.69. The maximum atomic E-state index is 12.6. The van der Waals surface area contributed by atoms with Crippen LogP contribution in [0.3, 0.4) is 0 Å². The summed E-state index contributed by atoms with van der Waals surface area (Å²) < 4.78 is 31.8. The molecule has 1 aromatic heterocycles. The highest BCUT2D eigenvalue weighted by molar-refractivity contribution is 7.89. The van der Waals surface area contributed by atoms with Crippen LogP contribution in [0.25, 0.3) is 0 Å². The Kier molecular flexibility index (Phi) is 6.61. The standard InChI is InChI=1S/C19H24N4O4S/c1-15(18-4-2-3-9-20-18)22-19(24)21-14-16-5-7-17(8-6-16)28(25,26)23-10-12-27-13-11-23/h2-9,15H,10-14H2,1H3,(H2,21,22,24). The van der Waals surface area contributed by atoms with Crippen LogP contribution in [-0.2, 0) is 21.3 Å². The van der Waals surface area contributed by atoms with Gasteiger partial charge in [-0.3, -0.25) is 4.98 Å².